The molecule has 0 aliphatic carbocycles. The number of hydrogen-bond donors (Lipinski definition) is 2. The van der Waals surface area contributed by atoms with Gasteiger partial charge in [0.1, 0.15) is 0 Å². The molecule has 0 rings (SSSR count). The second-order valence-corrected chi connectivity index (χ2v) is 6.88. The molecule has 0 aromatic rings. The van der Waals surface area contributed by atoms with Crippen LogP contribution < -0.4 is 0 Å². The summed E-state index contributed by atoms with van der Waals surface area (Å²) < 4.78 is 0. The third-order valence-electron chi connectivity index (χ3n) is 4.96. The lowest BCUT2D eigenvalue weighted by Gasteiger charge is -2.35. The summed E-state index contributed by atoms with van der Waals surface area (Å²) in [5, 5.41) is 21.4. The van der Waals surface area contributed by atoms with Crippen molar-refractivity contribution in [3.05, 3.63) is 6.42 Å². The van der Waals surface area contributed by atoms with Gasteiger partial charge in [0.2, 0.25) is 0 Å². The Morgan fingerprint density at radius 2 is 1.35 bits per heavy atom. The van der Waals surface area contributed by atoms with Crippen molar-refractivity contribution < 1.29 is 10.2 Å². The van der Waals surface area contributed by atoms with E-state index in [-0.39, 0.29) is 0 Å². The molecule has 0 amide bonds. The molecule has 20 heavy (non-hydrogen) atoms. The number of aliphatic hydroxyl groups is 2. The average Bonchev–Trinajstić information content (AvgIpc) is 2.45. The van der Waals surface area contributed by atoms with Crippen LogP contribution in [0.2, 0.25) is 0 Å². The van der Waals surface area contributed by atoms with Crippen LogP contribution in [0, 0.1) is 18.3 Å². The van der Waals surface area contributed by atoms with E-state index in [0.29, 0.717) is 18.3 Å². The first kappa shape index (κ1) is 19.9. The zero-order valence-corrected chi connectivity index (χ0v) is 14.6. The first-order valence-electron chi connectivity index (χ1n) is 8.53. The first-order chi connectivity index (χ1) is 9.24. The summed E-state index contributed by atoms with van der Waals surface area (Å²) in [5.74, 6) is 1.04. The highest BCUT2D eigenvalue weighted by Crippen LogP contribution is 2.33. The minimum absolute atomic E-state index is 0.514. The number of hydrogen-bond acceptors (Lipinski definition) is 2. The van der Waals surface area contributed by atoms with E-state index in [1.54, 1.807) is 0 Å². The van der Waals surface area contributed by atoms with Gasteiger partial charge in [0, 0.05) is 0 Å². The Labute approximate surface area is 127 Å². The van der Waals surface area contributed by atoms with Crippen molar-refractivity contribution in [2.24, 2.45) is 11.8 Å². The summed E-state index contributed by atoms with van der Waals surface area (Å²) >= 11 is 0. The fourth-order valence-electron chi connectivity index (χ4n) is 2.66. The van der Waals surface area contributed by atoms with Crippen LogP contribution in [0.3, 0.4) is 0 Å². The van der Waals surface area contributed by atoms with E-state index in [1.807, 2.05) is 20.3 Å². The van der Waals surface area contributed by atoms with Gasteiger partial charge >= 0.3 is 0 Å². The number of rotatable bonds is 11. The quantitative estimate of drug-likeness (QED) is 0.576. The Balaban J connectivity index is 4.57. The summed E-state index contributed by atoms with van der Waals surface area (Å²) in [4.78, 5) is 0. The van der Waals surface area contributed by atoms with E-state index < -0.39 is 11.2 Å². The van der Waals surface area contributed by atoms with E-state index in [4.69, 9.17) is 0 Å². The molecule has 121 valence electrons. The Bertz CT molecular complexity index is 228. The minimum atomic E-state index is -0.728. The highest BCUT2D eigenvalue weighted by molar-refractivity contribution is 4.98. The molecule has 2 N–H and O–H groups in total. The van der Waals surface area contributed by atoms with Gasteiger partial charge in [0.05, 0.1) is 11.2 Å². The van der Waals surface area contributed by atoms with Gasteiger partial charge in [0.15, 0.2) is 0 Å². The summed E-state index contributed by atoms with van der Waals surface area (Å²) in [6.07, 6.45) is 7.83. The molecule has 0 saturated heterocycles. The van der Waals surface area contributed by atoms with Gasteiger partial charge in [0.25, 0.3) is 0 Å². The maximum Gasteiger partial charge on any atom is 0.0680 e. The van der Waals surface area contributed by atoms with Gasteiger partial charge in [-0.25, -0.2) is 0 Å². The fourth-order valence-corrected chi connectivity index (χ4v) is 2.66. The highest BCUT2D eigenvalue weighted by atomic mass is 16.3. The van der Waals surface area contributed by atoms with Crippen molar-refractivity contribution in [3.63, 3.8) is 0 Å². The summed E-state index contributed by atoms with van der Waals surface area (Å²) in [5.41, 5.74) is -1.39. The summed E-state index contributed by atoms with van der Waals surface area (Å²) in [7, 11) is 0. The van der Waals surface area contributed by atoms with Gasteiger partial charge in [-0.15, -0.1) is 0 Å². The second-order valence-electron chi connectivity index (χ2n) is 6.88. The first-order valence-corrected chi connectivity index (χ1v) is 8.53. The molecule has 2 heteroatoms. The third kappa shape index (κ3) is 7.08. The third-order valence-corrected chi connectivity index (χ3v) is 4.96. The van der Waals surface area contributed by atoms with Crippen molar-refractivity contribution in [2.75, 3.05) is 0 Å². The van der Waals surface area contributed by atoms with Crippen molar-refractivity contribution in [1.82, 2.24) is 0 Å². The molecule has 0 spiro atoms. The Kier molecular flexibility index (Phi) is 9.01. The molecular weight excluding hydrogens is 248 g/mol. The molecule has 0 aromatic heterocycles. The van der Waals surface area contributed by atoms with Crippen LogP contribution in [0.1, 0.15) is 86.5 Å². The van der Waals surface area contributed by atoms with Crippen LogP contribution >= 0.6 is 0 Å². The van der Waals surface area contributed by atoms with E-state index in [1.165, 1.54) is 0 Å². The predicted molar refractivity (Wildman–Crippen MR) is 87.5 cm³/mol. The molecule has 0 saturated carbocycles. The lowest BCUT2D eigenvalue weighted by Crippen LogP contribution is -2.37. The van der Waals surface area contributed by atoms with E-state index in [2.05, 4.69) is 27.7 Å². The maximum atomic E-state index is 10.7. The second kappa shape index (κ2) is 9.04. The molecular formula is C18H37O2. The van der Waals surface area contributed by atoms with Crippen LogP contribution in [0.25, 0.3) is 0 Å². The standard InChI is InChI=1S/C18H37O2/c1-7-15(5)13-17(19,9-3)11-12-18(20,10-4)14-16(6)8-2/h11,15-16,19-20H,7-10,12-14H2,1-6H3. The monoisotopic (exact) mass is 285 g/mol. The Morgan fingerprint density at radius 1 is 0.850 bits per heavy atom. The molecule has 0 bridgehead atoms. The predicted octanol–water partition coefficient (Wildman–Crippen LogP) is 4.74. The molecule has 4 atom stereocenters. The lowest BCUT2D eigenvalue weighted by atomic mass is 9.78. The molecule has 4 unspecified atom stereocenters. The highest BCUT2D eigenvalue weighted by Gasteiger charge is 2.33. The molecule has 0 aromatic carbocycles. The van der Waals surface area contributed by atoms with E-state index in [0.717, 1.165) is 38.5 Å². The molecule has 2 nitrogen and oxygen atoms in total. The summed E-state index contributed by atoms with van der Waals surface area (Å²) in [6.45, 7) is 12.8. The average molecular weight is 285 g/mol. The maximum absolute atomic E-state index is 10.7. The molecule has 1 radical (unpaired) electrons. The van der Waals surface area contributed by atoms with Crippen LogP contribution in [-0.4, -0.2) is 21.4 Å². The van der Waals surface area contributed by atoms with Crippen molar-refractivity contribution in [1.29, 1.82) is 0 Å². The largest absolute Gasteiger partial charge is 0.390 e. The van der Waals surface area contributed by atoms with Crippen molar-refractivity contribution in [3.8, 4) is 0 Å². The van der Waals surface area contributed by atoms with Gasteiger partial charge in [-0.2, -0.15) is 0 Å². The van der Waals surface area contributed by atoms with Gasteiger partial charge in [-0.05, 0) is 50.4 Å². The SMILES string of the molecule is CCC(C)CC(O)([CH]CC(O)(CC)CC(C)CC)CC. The van der Waals surface area contributed by atoms with Crippen LogP contribution in [0.4, 0.5) is 0 Å². The Morgan fingerprint density at radius 3 is 1.75 bits per heavy atom. The van der Waals surface area contributed by atoms with Gasteiger partial charge < -0.3 is 10.2 Å². The molecule has 0 aliphatic heterocycles. The van der Waals surface area contributed by atoms with E-state index >= 15 is 0 Å². The van der Waals surface area contributed by atoms with Crippen LogP contribution in [0.5, 0.6) is 0 Å². The molecule has 0 heterocycles. The van der Waals surface area contributed by atoms with Crippen LogP contribution in [0.15, 0.2) is 0 Å². The van der Waals surface area contributed by atoms with Crippen molar-refractivity contribution >= 4 is 0 Å². The van der Waals surface area contributed by atoms with Gasteiger partial charge in [-0.1, -0.05) is 54.4 Å². The van der Waals surface area contributed by atoms with E-state index in [9.17, 15) is 10.2 Å². The molecule has 0 aliphatic rings. The van der Waals surface area contributed by atoms with Crippen molar-refractivity contribution in [2.45, 2.75) is 97.7 Å². The normalized spacial score (nSPS) is 21.0. The lowest BCUT2D eigenvalue weighted by molar-refractivity contribution is -0.0132. The molecule has 0 fully saturated rings. The van der Waals surface area contributed by atoms with Crippen LogP contribution in [-0.2, 0) is 0 Å². The van der Waals surface area contributed by atoms with Gasteiger partial charge in [-0.3, -0.25) is 0 Å². The topological polar surface area (TPSA) is 40.5 Å². The Hall–Kier alpha value is -0.0800. The zero-order chi connectivity index (χ0) is 15.8. The minimum Gasteiger partial charge on any atom is -0.390 e. The fraction of sp³-hybridized carbons (Fsp3) is 0.944. The summed E-state index contributed by atoms with van der Waals surface area (Å²) in [6, 6.07) is 0. The smallest absolute Gasteiger partial charge is 0.0680 e. The zero-order valence-electron chi connectivity index (χ0n) is 14.6.